The normalized spacial score (nSPS) is 11.8. The molecule has 0 unspecified atom stereocenters. The maximum Gasteiger partial charge on any atom is 0.313 e. The van der Waals surface area contributed by atoms with Crippen molar-refractivity contribution in [3.8, 4) is 0 Å². The van der Waals surface area contributed by atoms with Gasteiger partial charge in [0.05, 0.1) is 0 Å². The van der Waals surface area contributed by atoms with Crippen LogP contribution in [0.15, 0.2) is 18.2 Å². The Balaban J connectivity index is 2.64. The molecule has 4 nitrogen and oxygen atoms in total. The van der Waals surface area contributed by atoms with Gasteiger partial charge in [0.1, 0.15) is 0 Å². The Morgan fingerprint density at radius 1 is 1.17 bits per heavy atom. The fraction of sp³-hybridized carbons (Fsp3) is 0.429. The van der Waals surface area contributed by atoms with Crippen LogP contribution in [0.25, 0.3) is 0 Å². The molecule has 0 bridgehead atoms. The van der Waals surface area contributed by atoms with Gasteiger partial charge in [0, 0.05) is 11.7 Å². The van der Waals surface area contributed by atoms with Crippen LogP contribution in [-0.4, -0.2) is 17.9 Å². The van der Waals surface area contributed by atoms with Gasteiger partial charge < -0.3 is 10.6 Å². The quantitative estimate of drug-likeness (QED) is 0.805. The van der Waals surface area contributed by atoms with E-state index < -0.39 is 11.8 Å². The summed E-state index contributed by atoms with van der Waals surface area (Å²) in [5.41, 5.74) is 2.87. The molecule has 2 N–H and O–H groups in total. The molecule has 2 amide bonds. The number of rotatable bonds is 3. The van der Waals surface area contributed by atoms with Gasteiger partial charge in [0.2, 0.25) is 0 Å². The molecule has 0 radical (unpaired) electrons. The molecule has 1 aromatic carbocycles. The number of anilines is 1. The zero-order chi connectivity index (χ0) is 13.7. The molecule has 0 aliphatic carbocycles. The minimum atomic E-state index is -0.626. The lowest BCUT2D eigenvalue weighted by Gasteiger charge is -2.11. The van der Waals surface area contributed by atoms with Crippen LogP contribution in [0.4, 0.5) is 5.69 Å². The Hall–Kier alpha value is -1.84. The molecular weight excluding hydrogens is 228 g/mol. The van der Waals surface area contributed by atoms with Crippen molar-refractivity contribution in [1.82, 2.24) is 5.32 Å². The number of carbonyl (C=O) groups is 2. The molecular formula is C14H20N2O2. The van der Waals surface area contributed by atoms with Crippen molar-refractivity contribution in [2.45, 2.75) is 40.2 Å². The molecule has 0 saturated heterocycles. The van der Waals surface area contributed by atoms with Crippen molar-refractivity contribution >= 4 is 17.5 Å². The first-order chi connectivity index (χ1) is 8.43. The van der Waals surface area contributed by atoms with E-state index in [0.717, 1.165) is 17.5 Å². The number of carbonyl (C=O) groups excluding carboxylic acids is 2. The Bertz CT molecular complexity index is 455. The van der Waals surface area contributed by atoms with Gasteiger partial charge >= 0.3 is 11.8 Å². The molecule has 0 spiro atoms. The topological polar surface area (TPSA) is 58.2 Å². The molecule has 0 aliphatic rings. The number of amides is 2. The van der Waals surface area contributed by atoms with E-state index in [1.54, 1.807) is 6.07 Å². The fourth-order valence-corrected chi connectivity index (χ4v) is 1.40. The van der Waals surface area contributed by atoms with Crippen LogP contribution in [0.5, 0.6) is 0 Å². The molecule has 0 heterocycles. The van der Waals surface area contributed by atoms with Crippen molar-refractivity contribution in [1.29, 1.82) is 0 Å². The summed E-state index contributed by atoms with van der Waals surface area (Å²) in [6.07, 6.45) is 0.794. The molecule has 18 heavy (non-hydrogen) atoms. The van der Waals surface area contributed by atoms with Crippen LogP contribution in [0, 0.1) is 13.8 Å². The number of hydrogen-bond acceptors (Lipinski definition) is 2. The van der Waals surface area contributed by atoms with E-state index in [-0.39, 0.29) is 6.04 Å². The second-order valence-corrected chi connectivity index (χ2v) is 4.54. The van der Waals surface area contributed by atoms with Crippen LogP contribution >= 0.6 is 0 Å². The van der Waals surface area contributed by atoms with Gasteiger partial charge in [-0.2, -0.15) is 0 Å². The lowest BCUT2D eigenvalue weighted by Crippen LogP contribution is -2.40. The minimum Gasteiger partial charge on any atom is -0.345 e. The summed E-state index contributed by atoms with van der Waals surface area (Å²) in [5, 5.41) is 5.21. The summed E-state index contributed by atoms with van der Waals surface area (Å²) in [7, 11) is 0. The third-order valence-electron chi connectivity index (χ3n) is 2.96. The van der Waals surface area contributed by atoms with Crippen LogP contribution in [0.1, 0.15) is 31.4 Å². The number of benzene rings is 1. The lowest BCUT2D eigenvalue weighted by atomic mass is 10.1. The van der Waals surface area contributed by atoms with E-state index in [0.29, 0.717) is 5.69 Å². The minimum absolute atomic E-state index is 0.00278. The van der Waals surface area contributed by atoms with E-state index in [2.05, 4.69) is 10.6 Å². The van der Waals surface area contributed by atoms with Gasteiger partial charge in [-0.1, -0.05) is 13.0 Å². The average molecular weight is 248 g/mol. The predicted octanol–water partition coefficient (Wildman–Crippen LogP) is 2.16. The third-order valence-corrected chi connectivity index (χ3v) is 2.96. The molecule has 98 valence electrons. The molecule has 1 atom stereocenters. The zero-order valence-corrected chi connectivity index (χ0v) is 11.3. The Labute approximate surface area is 108 Å². The van der Waals surface area contributed by atoms with Crippen LogP contribution in [-0.2, 0) is 9.59 Å². The second kappa shape index (κ2) is 6.19. The van der Waals surface area contributed by atoms with Gasteiger partial charge in [-0.15, -0.1) is 0 Å². The first-order valence-corrected chi connectivity index (χ1v) is 6.13. The van der Waals surface area contributed by atoms with E-state index in [9.17, 15) is 9.59 Å². The van der Waals surface area contributed by atoms with E-state index in [1.807, 2.05) is 39.8 Å². The van der Waals surface area contributed by atoms with E-state index in [1.165, 1.54) is 0 Å². The van der Waals surface area contributed by atoms with Crippen LogP contribution in [0.2, 0.25) is 0 Å². The molecule has 0 aromatic heterocycles. The van der Waals surface area contributed by atoms with E-state index in [4.69, 9.17) is 0 Å². The monoisotopic (exact) mass is 248 g/mol. The summed E-state index contributed by atoms with van der Waals surface area (Å²) in [5.74, 6) is -1.22. The Morgan fingerprint density at radius 3 is 2.39 bits per heavy atom. The first kappa shape index (κ1) is 14.2. The lowest BCUT2D eigenvalue weighted by molar-refractivity contribution is -0.136. The summed E-state index contributed by atoms with van der Waals surface area (Å²) in [4.78, 5) is 23.2. The number of hydrogen-bond donors (Lipinski definition) is 2. The predicted molar refractivity (Wildman–Crippen MR) is 72.4 cm³/mol. The molecule has 1 aromatic rings. The van der Waals surface area contributed by atoms with Gasteiger partial charge in [-0.05, 0) is 50.5 Å². The molecule has 4 heteroatoms. The van der Waals surface area contributed by atoms with Gasteiger partial charge in [-0.3, -0.25) is 9.59 Å². The van der Waals surface area contributed by atoms with Gasteiger partial charge in [0.15, 0.2) is 0 Å². The Morgan fingerprint density at radius 2 is 1.83 bits per heavy atom. The maximum absolute atomic E-state index is 11.6. The number of nitrogens with one attached hydrogen (secondary N) is 2. The smallest absolute Gasteiger partial charge is 0.313 e. The molecule has 0 aliphatic heterocycles. The third kappa shape index (κ3) is 3.87. The molecule has 1 rings (SSSR count). The summed E-state index contributed by atoms with van der Waals surface area (Å²) < 4.78 is 0. The molecule has 0 fully saturated rings. The SMILES string of the molecule is CC[C@@H](C)NC(=O)C(=O)Nc1ccc(C)c(C)c1. The standard InChI is InChI=1S/C14H20N2O2/c1-5-11(4)15-13(17)14(18)16-12-7-6-9(2)10(3)8-12/h6-8,11H,5H2,1-4H3,(H,15,17)(H,16,18)/t11-/m1/s1. The highest BCUT2D eigenvalue weighted by Crippen LogP contribution is 2.13. The van der Waals surface area contributed by atoms with Crippen molar-refractivity contribution in [3.05, 3.63) is 29.3 Å². The highest BCUT2D eigenvalue weighted by molar-refractivity contribution is 6.39. The first-order valence-electron chi connectivity index (χ1n) is 6.13. The average Bonchev–Trinajstić information content (AvgIpc) is 2.33. The fourth-order valence-electron chi connectivity index (χ4n) is 1.40. The van der Waals surface area contributed by atoms with Crippen molar-refractivity contribution in [2.75, 3.05) is 5.32 Å². The highest BCUT2D eigenvalue weighted by Gasteiger charge is 2.15. The summed E-state index contributed by atoms with van der Waals surface area (Å²) in [6, 6.07) is 5.56. The van der Waals surface area contributed by atoms with Gasteiger partial charge in [-0.25, -0.2) is 0 Å². The number of aryl methyl sites for hydroxylation is 2. The van der Waals surface area contributed by atoms with Gasteiger partial charge in [0.25, 0.3) is 0 Å². The zero-order valence-electron chi connectivity index (χ0n) is 11.3. The van der Waals surface area contributed by atoms with Crippen molar-refractivity contribution < 1.29 is 9.59 Å². The van der Waals surface area contributed by atoms with Crippen molar-refractivity contribution in [2.24, 2.45) is 0 Å². The highest BCUT2D eigenvalue weighted by atomic mass is 16.2. The maximum atomic E-state index is 11.6. The van der Waals surface area contributed by atoms with Crippen molar-refractivity contribution in [3.63, 3.8) is 0 Å². The van der Waals surface area contributed by atoms with Crippen LogP contribution in [0.3, 0.4) is 0 Å². The summed E-state index contributed by atoms with van der Waals surface area (Å²) in [6.45, 7) is 7.77. The Kier molecular flexibility index (Phi) is 4.89. The van der Waals surface area contributed by atoms with Crippen LogP contribution < -0.4 is 10.6 Å². The largest absolute Gasteiger partial charge is 0.345 e. The molecule has 0 saturated carbocycles. The van der Waals surface area contributed by atoms with E-state index >= 15 is 0 Å². The summed E-state index contributed by atoms with van der Waals surface area (Å²) >= 11 is 0. The second-order valence-electron chi connectivity index (χ2n) is 4.54.